The van der Waals surface area contributed by atoms with Crippen LogP contribution < -0.4 is 10.5 Å². The third-order valence-corrected chi connectivity index (χ3v) is 3.63. The number of aromatic nitrogens is 3. The first-order valence-corrected chi connectivity index (χ1v) is 7.81. The fraction of sp³-hybridized carbons (Fsp3) is 0.250. The van der Waals surface area contributed by atoms with Crippen molar-refractivity contribution in [3.63, 3.8) is 0 Å². The van der Waals surface area contributed by atoms with Crippen LogP contribution in [0.4, 0.5) is 5.69 Å². The van der Waals surface area contributed by atoms with Gasteiger partial charge in [0, 0.05) is 6.42 Å². The molecule has 4 N–H and O–H groups in total. The zero-order chi connectivity index (χ0) is 15.5. The molecule has 0 spiro atoms. The monoisotopic (exact) mass is 309 g/mol. The predicted octanol–water partition coefficient (Wildman–Crippen LogP) is 0.657. The molecule has 0 saturated carbocycles. The van der Waals surface area contributed by atoms with Gasteiger partial charge in [-0.05, 0) is 18.6 Å². The summed E-state index contributed by atoms with van der Waals surface area (Å²) in [4.78, 5) is 15.9. The zero-order valence-corrected chi connectivity index (χ0v) is 12.1. The molecule has 21 heavy (non-hydrogen) atoms. The van der Waals surface area contributed by atoms with Crippen LogP contribution >= 0.6 is 0 Å². The lowest BCUT2D eigenvalue weighted by Gasteiger charge is -2.07. The Morgan fingerprint density at radius 1 is 1.38 bits per heavy atom. The van der Waals surface area contributed by atoms with Gasteiger partial charge in [0.15, 0.2) is 0 Å². The molecule has 8 nitrogen and oxygen atoms in total. The smallest absolute Gasteiger partial charge is 0.295 e. The Balaban J connectivity index is 2.23. The summed E-state index contributed by atoms with van der Waals surface area (Å²) in [6.07, 6.45) is 1.54. The van der Waals surface area contributed by atoms with Crippen LogP contribution in [0.15, 0.2) is 29.2 Å². The lowest BCUT2D eigenvalue weighted by atomic mass is 10.3. The Kier molecular flexibility index (Phi) is 4.34. The molecule has 0 aliphatic rings. The lowest BCUT2D eigenvalue weighted by molar-refractivity contribution is 0.101. The van der Waals surface area contributed by atoms with Gasteiger partial charge < -0.3 is 5.32 Å². The Morgan fingerprint density at radius 3 is 2.76 bits per heavy atom. The van der Waals surface area contributed by atoms with E-state index in [1.807, 2.05) is 6.92 Å². The second-order valence-corrected chi connectivity index (χ2v) is 5.88. The first kappa shape index (κ1) is 15.1. The molecular weight excluding hydrogens is 294 g/mol. The Hall–Kier alpha value is -2.26. The van der Waals surface area contributed by atoms with E-state index >= 15 is 0 Å². The van der Waals surface area contributed by atoms with Crippen molar-refractivity contribution in [1.29, 1.82) is 0 Å². The number of aryl methyl sites for hydroxylation is 1. The second-order valence-electron chi connectivity index (χ2n) is 4.35. The number of sulfonamides is 1. The zero-order valence-electron chi connectivity index (χ0n) is 11.3. The molecular formula is C12H15N5O3S. The SMILES string of the molecule is CCCc1nc(C(=O)Nc2ccccc2S(N)(=O)=O)n[nH]1. The molecule has 0 radical (unpaired) electrons. The first-order chi connectivity index (χ1) is 9.91. The third-order valence-electron chi connectivity index (χ3n) is 2.66. The number of rotatable bonds is 5. The summed E-state index contributed by atoms with van der Waals surface area (Å²) >= 11 is 0. The van der Waals surface area contributed by atoms with Crippen molar-refractivity contribution in [3.05, 3.63) is 35.9 Å². The van der Waals surface area contributed by atoms with E-state index in [0.717, 1.165) is 6.42 Å². The van der Waals surface area contributed by atoms with Gasteiger partial charge in [-0.25, -0.2) is 18.5 Å². The summed E-state index contributed by atoms with van der Waals surface area (Å²) in [6.45, 7) is 1.98. The molecule has 1 aromatic carbocycles. The van der Waals surface area contributed by atoms with E-state index in [1.165, 1.54) is 18.2 Å². The lowest BCUT2D eigenvalue weighted by Crippen LogP contribution is -2.19. The van der Waals surface area contributed by atoms with Crippen LogP contribution in [0, 0.1) is 0 Å². The van der Waals surface area contributed by atoms with Crippen molar-refractivity contribution in [2.24, 2.45) is 5.14 Å². The number of para-hydroxylation sites is 1. The van der Waals surface area contributed by atoms with Crippen LogP contribution in [-0.2, 0) is 16.4 Å². The number of benzene rings is 1. The van der Waals surface area contributed by atoms with Gasteiger partial charge in [0.2, 0.25) is 15.8 Å². The number of hydrogen-bond acceptors (Lipinski definition) is 5. The summed E-state index contributed by atoms with van der Waals surface area (Å²) in [5.41, 5.74) is 0.0897. The predicted molar refractivity (Wildman–Crippen MR) is 76.1 cm³/mol. The number of primary sulfonamides is 1. The number of amides is 1. The van der Waals surface area contributed by atoms with Gasteiger partial charge in [0.25, 0.3) is 5.91 Å². The summed E-state index contributed by atoms with van der Waals surface area (Å²) in [6, 6.07) is 5.86. The second kappa shape index (κ2) is 6.02. The molecule has 0 saturated heterocycles. The highest BCUT2D eigenvalue weighted by molar-refractivity contribution is 7.89. The number of hydrogen-bond donors (Lipinski definition) is 3. The average molecular weight is 309 g/mol. The van der Waals surface area contributed by atoms with Gasteiger partial charge in [0.1, 0.15) is 10.7 Å². The molecule has 0 unspecified atom stereocenters. The van der Waals surface area contributed by atoms with Crippen LogP contribution in [0.3, 0.4) is 0 Å². The van der Waals surface area contributed by atoms with Crippen LogP contribution in [0.2, 0.25) is 0 Å². The Bertz CT molecular complexity index is 754. The third kappa shape index (κ3) is 3.64. The van der Waals surface area contributed by atoms with Gasteiger partial charge in [-0.1, -0.05) is 19.1 Å². The van der Waals surface area contributed by atoms with Gasteiger partial charge in [-0.15, -0.1) is 5.10 Å². The van der Waals surface area contributed by atoms with E-state index in [0.29, 0.717) is 12.2 Å². The number of anilines is 1. The maximum absolute atomic E-state index is 12.0. The first-order valence-electron chi connectivity index (χ1n) is 6.26. The Labute approximate surface area is 121 Å². The molecule has 2 aromatic rings. The number of carbonyl (C=O) groups is 1. The van der Waals surface area contributed by atoms with Crippen LogP contribution in [0.25, 0.3) is 0 Å². The summed E-state index contributed by atoms with van der Waals surface area (Å²) in [5.74, 6) is -0.0604. The van der Waals surface area contributed by atoms with Crippen LogP contribution in [0.1, 0.15) is 29.8 Å². The molecule has 0 aliphatic carbocycles. The fourth-order valence-corrected chi connectivity index (χ4v) is 2.44. The van der Waals surface area contributed by atoms with E-state index < -0.39 is 15.9 Å². The summed E-state index contributed by atoms with van der Waals surface area (Å²) < 4.78 is 22.9. The molecule has 0 fully saturated rings. The molecule has 0 bridgehead atoms. The molecule has 1 amide bonds. The molecule has 1 heterocycles. The topological polar surface area (TPSA) is 131 Å². The minimum atomic E-state index is -3.93. The van der Waals surface area contributed by atoms with E-state index in [2.05, 4.69) is 20.5 Å². The Morgan fingerprint density at radius 2 is 2.10 bits per heavy atom. The van der Waals surface area contributed by atoms with Crippen molar-refractivity contribution < 1.29 is 13.2 Å². The fourth-order valence-electron chi connectivity index (χ4n) is 1.74. The van der Waals surface area contributed by atoms with Gasteiger partial charge in [-0.3, -0.25) is 9.89 Å². The maximum atomic E-state index is 12.0. The summed E-state index contributed by atoms with van der Waals surface area (Å²) in [5, 5.41) is 14.0. The van der Waals surface area contributed by atoms with Crippen molar-refractivity contribution in [1.82, 2.24) is 15.2 Å². The number of aromatic amines is 1. The van der Waals surface area contributed by atoms with Crippen LogP contribution in [0.5, 0.6) is 0 Å². The summed E-state index contributed by atoms with van der Waals surface area (Å²) in [7, 11) is -3.93. The highest BCUT2D eigenvalue weighted by Crippen LogP contribution is 2.19. The largest absolute Gasteiger partial charge is 0.318 e. The van der Waals surface area contributed by atoms with Crippen LogP contribution in [-0.4, -0.2) is 29.5 Å². The van der Waals surface area contributed by atoms with Gasteiger partial charge >= 0.3 is 0 Å². The highest BCUT2D eigenvalue weighted by Gasteiger charge is 2.18. The van der Waals surface area contributed by atoms with E-state index in [9.17, 15) is 13.2 Å². The molecule has 9 heteroatoms. The normalized spacial score (nSPS) is 11.3. The highest BCUT2D eigenvalue weighted by atomic mass is 32.2. The minimum absolute atomic E-state index is 0.0531. The van der Waals surface area contributed by atoms with E-state index in [1.54, 1.807) is 6.07 Å². The maximum Gasteiger partial charge on any atom is 0.295 e. The number of nitrogens with one attached hydrogen (secondary N) is 2. The van der Waals surface area contributed by atoms with Gasteiger partial charge in [-0.2, -0.15) is 0 Å². The van der Waals surface area contributed by atoms with E-state index in [4.69, 9.17) is 5.14 Å². The number of nitrogens with zero attached hydrogens (tertiary/aromatic N) is 2. The number of H-pyrrole nitrogens is 1. The van der Waals surface area contributed by atoms with Crippen molar-refractivity contribution in [2.75, 3.05) is 5.32 Å². The van der Waals surface area contributed by atoms with Crippen molar-refractivity contribution in [3.8, 4) is 0 Å². The minimum Gasteiger partial charge on any atom is -0.318 e. The number of carbonyl (C=O) groups excluding carboxylic acids is 1. The number of nitrogens with two attached hydrogens (primary N) is 1. The standard InChI is InChI=1S/C12H15N5O3S/c1-2-5-10-15-11(17-16-10)12(18)14-8-6-3-4-7-9(8)21(13,19)20/h3-4,6-7H,2,5H2,1H3,(H,14,18)(H2,13,19,20)(H,15,16,17). The van der Waals surface area contributed by atoms with Crippen molar-refractivity contribution >= 4 is 21.6 Å². The van der Waals surface area contributed by atoms with E-state index in [-0.39, 0.29) is 16.4 Å². The average Bonchev–Trinajstić information content (AvgIpc) is 2.87. The molecule has 112 valence electrons. The molecule has 0 atom stereocenters. The molecule has 1 aromatic heterocycles. The quantitative estimate of drug-likeness (QED) is 0.746. The van der Waals surface area contributed by atoms with Crippen molar-refractivity contribution in [2.45, 2.75) is 24.7 Å². The molecule has 2 rings (SSSR count). The molecule has 0 aliphatic heterocycles. The van der Waals surface area contributed by atoms with Gasteiger partial charge in [0.05, 0.1) is 5.69 Å².